The van der Waals surface area contributed by atoms with Crippen molar-refractivity contribution in [1.82, 2.24) is 9.78 Å². The zero-order chi connectivity index (χ0) is 14.7. The van der Waals surface area contributed by atoms with Gasteiger partial charge in [0.25, 0.3) is 0 Å². The second-order valence-electron chi connectivity index (χ2n) is 4.84. The molecule has 1 heterocycles. The second-order valence-corrected chi connectivity index (χ2v) is 6.49. The van der Waals surface area contributed by atoms with Gasteiger partial charge in [0.05, 0.1) is 22.0 Å². The van der Waals surface area contributed by atoms with Crippen molar-refractivity contribution in [3.8, 4) is 0 Å². The fourth-order valence-corrected chi connectivity index (χ4v) is 3.48. The monoisotopic (exact) mass is 400 g/mol. The maximum Gasteiger partial charge on any atom is 0.0766 e. The number of benzene rings is 1. The highest BCUT2D eigenvalue weighted by atomic mass is 79.9. The highest BCUT2D eigenvalue weighted by Crippen LogP contribution is 2.24. The molecule has 1 aromatic heterocycles. The standard InChI is InChI=1S/C15H18Br2N2O/c1-3-13-15(17)14(19(2)18-13)9-11(20)8-10-6-4-5-7-12(10)16/h4-7,11,20H,3,8-9H2,1-2H3. The number of halogens is 2. The first kappa shape index (κ1) is 15.7. The van der Waals surface area contributed by atoms with Crippen LogP contribution in [0.15, 0.2) is 33.2 Å². The zero-order valence-electron chi connectivity index (χ0n) is 11.6. The van der Waals surface area contributed by atoms with E-state index in [1.54, 1.807) is 0 Å². The van der Waals surface area contributed by atoms with Crippen molar-refractivity contribution in [3.63, 3.8) is 0 Å². The van der Waals surface area contributed by atoms with Crippen LogP contribution < -0.4 is 0 Å². The molecule has 1 atom stereocenters. The molecule has 0 bridgehead atoms. The minimum absolute atomic E-state index is 0.426. The smallest absolute Gasteiger partial charge is 0.0766 e. The third-order valence-corrected chi connectivity index (χ3v) is 5.03. The van der Waals surface area contributed by atoms with Crippen molar-refractivity contribution in [2.45, 2.75) is 32.3 Å². The predicted molar refractivity (Wildman–Crippen MR) is 87.8 cm³/mol. The van der Waals surface area contributed by atoms with Gasteiger partial charge in [-0.15, -0.1) is 0 Å². The molecule has 0 aliphatic rings. The molecule has 2 rings (SSSR count). The van der Waals surface area contributed by atoms with Gasteiger partial charge in [0.15, 0.2) is 0 Å². The van der Waals surface area contributed by atoms with Crippen molar-refractivity contribution in [2.75, 3.05) is 0 Å². The summed E-state index contributed by atoms with van der Waals surface area (Å²) >= 11 is 7.10. The average Bonchev–Trinajstić information content (AvgIpc) is 2.69. The Hall–Kier alpha value is -0.650. The molecule has 0 radical (unpaired) electrons. The highest BCUT2D eigenvalue weighted by molar-refractivity contribution is 9.10. The van der Waals surface area contributed by atoms with Gasteiger partial charge >= 0.3 is 0 Å². The van der Waals surface area contributed by atoms with Crippen LogP contribution in [0.1, 0.15) is 23.9 Å². The van der Waals surface area contributed by atoms with E-state index in [0.29, 0.717) is 12.8 Å². The summed E-state index contributed by atoms with van der Waals surface area (Å²) in [6.07, 6.45) is 1.67. The lowest BCUT2D eigenvalue weighted by Crippen LogP contribution is -2.16. The van der Waals surface area contributed by atoms with Gasteiger partial charge in [-0.05, 0) is 40.4 Å². The van der Waals surface area contributed by atoms with Crippen molar-refractivity contribution in [3.05, 3.63) is 50.2 Å². The van der Waals surface area contributed by atoms with Crippen LogP contribution >= 0.6 is 31.9 Å². The Morgan fingerprint density at radius 1 is 1.25 bits per heavy atom. The molecular weight excluding hydrogens is 384 g/mol. The topological polar surface area (TPSA) is 38.0 Å². The lowest BCUT2D eigenvalue weighted by Gasteiger charge is -2.12. The predicted octanol–water partition coefficient (Wildman–Crippen LogP) is 3.65. The SMILES string of the molecule is CCc1nn(C)c(CC(O)Cc2ccccc2Br)c1Br. The van der Waals surface area contributed by atoms with Crippen molar-refractivity contribution < 1.29 is 5.11 Å². The van der Waals surface area contributed by atoms with E-state index in [1.807, 2.05) is 36.0 Å². The summed E-state index contributed by atoms with van der Waals surface area (Å²) in [6.45, 7) is 2.08. The fraction of sp³-hybridized carbons (Fsp3) is 0.400. The fourth-order valence-electron chi connectivity index (χ4n) is 2.25. The van der Waals surface area contributed by atoms with Crippen LogP contribution in [0.4, 0.5) is 0 Å². The number of aliphatic hydroxyl groups is 1. The molecule has 20 heavy (non-hydrogen) atoms. The van der Waals surface area contributed by atoms with E-state index in [1.165, 1.54) is 0 Å². The van der Waals surface area contributed by atoms with E-state index in [-0.39, 0.29) is 0 Å². The lowest BCUT2D eigenvalue weighted by molar-refractivity contribution is 0.172. The van der Waals surface area contributed by atoms with Gasteiger partial charge in [0.1, 0.15) is 0 Å². The van der Waals surface area contributed by atoms with E-state index in [0.717, 1.165) is 32.3 Å². The summed E-state index contributed by atoms with van der Waals surface area (Å²) in [5, 5.41) is 14.8. The minimum atomic E-state index is -0.426. The first-order valence-electron chi connectivity index (χ1n) is 6.64. The molecule has 0 aliphatic carbocycles. The maximum atomic E-state index is 10.3. The van der Waals surface area contributed by atoms with Gasteiger partial charge in [-0.3, -0.25) is 4.68 Å². The largest absolute Gasteiger partial charge is 0.392 e. The number of aromatic nitrogens is 2. The van der Waals surface area contributed by atoms with Gasteiger partial charge in [0, 0.05) is 17.9 Å². The Bertz CT molecular complexity index is 596. The van der Waals surface area contributed by atoms with Crippen LogP contribution in [-0.2, 0) is 26.3 Å². The summed E-state index contributed by atoms with van der Waals surface area (Å²) in [7, 11) is 1.92. The van der Waals surface area contributed by atoms with E-state index < -0.39 is 6.10 Å². The summed E-state index contributed by atoms with van der Waals surface area (Å²) in [4.78, 5) is 0. The van der Waals surface area contributed by atoms with Gasteiger partial charge in [0.2, 0.25) is 0 Å². The molecule has 1 aromatic carbocycles. The van der Waals surface area contributed by atoms with Gasteiger partial charge in [-0.25, -0.2) is 0 Å². The molecule has 0 spiro atoms. The van der Waals surface area contributed by atoms with Crippen LogP contribution in [0, 0.1) is 0 Å². The number of aliphatic hydroxyl groups excluding tert-OH is 1. The Kier molecular flexibility index (Phi) is 5.41. The molecular formula is C15H18Br2N2O. The van der Waals surface area contributed by atoms with Crippen molar-refractivity contribution in [1.29, 1.82) is 0 Å². The number of aryl methyl sites for hydroxylation is 2. The Morgan fingerprint density at radius 3 is 2.55 bits per heavy atom. The molecule has 0 saturated heterocycles. The van der Waals surface area contributed by atoms with Crippen LogP contribution in [0.25, 0.3) is 0 Å². The molecule has 1 unspecified atom stereocenters. The number of nitrogens with zero attached hydrogens (tertiary/aromatic N) is 2. The summed E-state index contributed by atoms with van der Waals surface area (Å²) in [6, 6.07) is 7.99. The normalized spacial score (nSPS) is 12.7. The van der Waals surface area contributed by atoms with Gasteiger partial charge in [-0.2, -0.15) is 5.10 Å². The first-order chi connectivity index (χ1) is 9.52. The molecule has 5 heteroatoms. The summed E-state index contributed by atoms with van der Waals surface area (Å²) < 4.78 is 3.91. The molecule has 3 nitrogen and oxygen atoms in total. The molecule has 0 amide bonds. The Morgan fingerprint density at radius 2 is 1.95 bits per heavy atom. The molecule has 1 N–H and O–H groups in total. The molecule has 0 saturated carbocycles. The lowest BCUT2D eigenvalue weighted by atomic mass is 10.0. The third-order valence-electron chi connectivity index (χ3n) is 3.35. The molecule has 0 aliphatic heterocycles. The Balaban J connectivity index is 2.11. The van der Waals surface area contributed by atoms with Gasteiger partial charge < -0.3 is 5.11 Å². The van der Waals surface area contributed by atoms with Crippen molar-refractivity contribution in [2.24, 2.45) is 7.05 Å². The zero-order valence-corrected chi connectivity index (χ0v) is 14.8. The first-order valence-corrected chi connectivity index (χ1v) is 8.23. The van der Waals surface area contributed by atoms with Crippen molar-refractivity contribution >= 4 is 31.9 Å². The van der Waals surface area contributed by atoms with Crippen LogP contribution in [0.3, 0.4) is 0 Å². The second kappa shape index (κ2) is 6.87. The molecule has 0 fully saturated rings. The van der Waals surface area contributed by atoms with Gasteiger partial charge in [-0.1, -0.05) is 41.1 Å². The van der Waals surface area contributed by atoms with Crippen LogP contribution in [0.5, 0.6) is 0 Å². The number of hydrogen-bond acceptors (Lipinski definition) is 2. The number of hydrogen-bond donors (Lipinski definition) is 1. The maximum absolute atomic E-state index is 10.3. The Labute approximate surface area is 136 Å². The van der Waals surface area contributed by atoms with E-state index in [4.69, 9.17) is 0 Å². The highest BCUT2D eigenvalue weighted by Gasteiger charge is 2.17. The van der Waals surface area contributed by atoms with E-state index >= 15 is 0 Å². The molecule has 2 aromatic rings. The van der Waals surface area contributed by atoms with Crippen LogP contribution in [0.2, 0.25) is 0 Å². The minimum Gasteiger partial charge on any atom is -0.392 e. The van der Waals surface area contributed by atoms with E-state index in [2.05, 4.69) is 43.9 Å². The quantitative estimate of drug-likeness (QED) is 0.830. The third kappa shape index (κ3) is 3.51. The summed E-state index contributed by atoms with van der Waals surface area (Å²) in [5.41, 5.74) is 3.20. The summed E-state index contributed by atoms with van der Waals surface area (Å²) in [5.74, 6) is 0. The van der Waals surface area contributed by atoms with Crippen LogP contribution in [-0.4, -0.2) is 21.0 Å². The van der Waals surface area contributed by atoms with E-state index in [9.17, 15) is 5.11 Å². The number of rotatable bonds is 5. The molecule has 108 valence electrons. The average molecular weight is 402 g/mol.